The van der Waals surface area contributed by atoms with Crippen molar-refractivity contribution in [2.45, 2.75) is 17.1 Å². The highest BCUT2D eigenvalue weighted by atomic mass is 32.2. The number of methoxy groups -OCH3 is 1. The molecule has 0 bridgehead atoms. The molecule has 0 aliphatic heterocycles. The van der Waals surface area contributed by atoms with E-state index in [4.69, 9.17) is 11.2 Å². The van der Waals surface area contributed by atoms with E-state index in [2.05, 4.69) is 5.92 Å². The van der Waals surface area contributed by atoms with Crippen molar-refractivity contribution in [2.75, 3.05) is 7.11 Å². The average Bonchev–Trinajstić information content (AvgIpc) is 2.48. The molecule has 4 heteroatoms. The molecule has 1 unspecified atom stereocenters. The molecule has 0 saturated carbocycles. The van der Waals surface area contributed by atoms with Gasteiger partial charge in [-0.05, 0) is 36.8 Å². The van der Waals surface area contributed by atoms with Crippen molar-refractivity contribution >= 4 is 9.84 Å². The second-order valence-electron chi connectivity index (χ2n) is 4.68. The van der Waals surface area contributed by atoms with Crippen LogP contribution < -0.4 is 4.74 Å². The number of sulfone groups is 1. The van der Waals surface area contributed by atoms with E-state index in [1.165, 1.54) is 7.11 Å². The van der Waals surface area contributed by atoms with Crippen LogP contribution in [-0.4, -0.2) is 15.5 Å². The molecule has 2 aromatic carbocycles. The summed E-state index contributed by atoms with van der Waals surface area (Å²) in [5, 5.41) is -1.03. The molecule has 0 N–H and O–H groups in total. The summed E-state index contributed by atoms with van der Waals surface area (Å²) in [7, 11) is -2.11. The van der Waals surface area contributed by atoms with E-state index in [1.807, 2.05) is 6.92 Å². The summed E-state index contributed by atoms with van der Waals surface area (Å²) in [5.41, 5.74) is 1.52. The SMILES string of the molecule is C#CC(c1cccc(OC)c1)S(=O)(=O)c1ccc(C)cc1. The van der Waals surface area contributed by atoms with Gasteiger partial charge >= 0.3 is 0 Å². The van der Waals surface area contributed by atoms with Crippen LogP contribution in [0.2, 0.25) is 0 Å². The molecule has 0 saturated heterocycles. The maximum atomic E-state index is 12.7. The second kappa shape index (κ2) is 6.02. The molecule has 1 atom stereocenters. The smallest absolute Gasteiger partial charge is 0.196 e. The third kappa shape index (κ3) is 3.09. The lowest BCUT2D eigenvalue weighted by atomic mass is 10.1. The molecule has 2 aromatic rings. The Labute approximate surface area is 125 Å². The van der Waals surface area contributed by atoms with Crippen molar-refractivity contribution in [1.29, 1.82) is 0 Å². The Morgan fingerprint density at radius 3 is 2.38 bits per heavy atom. The van der Waals surface area contributed by atoms with Gasteiger partial charge in [0.05, 0.1) is 12.0 Å². The molecule has 3 nitrogen and oxygen atoms in total. The highest BCUT2D eigenvalue weighted by molar-refractivity contribution is 7.92. The van der Waals surface area contributed by atoms with Crippen LogP contribution in [0.5, 0.6) is 5.75 Å². The zero-order chi connectivity index (χ0) is 15.5. The summed E-state index contributed by atoms with van der Waals surface area (Å²) in [6.07, 6.45) is 5.48. The second-order valence-corrected chi connectivity index (χ2v) is 6.71. The first-order valence-corrected chi connectivity index (χ1v) is 7.94. The van der Waals surface area contributed by atoms with Gasteiger partial charge in [-0.25, -0.2) is 8.42 Å². The summed E-state index contributed by atoms with van der Waals surface area (Å²) in [5.74, 6) is 2.96. The minimum absolute atomic E-state index is 0.221. The fourth-order valence-corrected chi connectivity index (χ4v) is 3.51. The third-order valence-electron chi connectivity index (χ3n) is 3.21. The fraction of sp³-hybridized carbons (Fsp3) is 0.176. The van der Waals surface area contributed by atoms with Crippen LogP contribution in [0, 0.1) is 19.3 Å². The largest absolute Gasteiger partial charge is 0.497 e. The highest BCUT2D eigenvalue weighted by Crippen LogP contribution is 2.30. The number of hydrogen-bond donors (Lipinski definition) is 0. The molecule has 0 aromatic heterocycles. The summed E-state index contributed by atoms with van der Waals surface area (Å²) < 4.78 is 30.5. The summed E-state index contributed by atoms with van der Waals surface area (Å²) >= 11 is 0. The van der Waals surface area contributed by atoms with Crippen LogP contribution in [0.4, 0.5) is 0 Å². The Balaban J connectivity index is 2.49. The van der Waals surface area contributed by atoms with E-state index >= 15 is 0 Å². The standard InChI is InChI=1S/C17H16O3S/c1-4-17(14-6-5-7-15(12-14)20-3)21(18,19)16-10-8-13(2)9-11-16/h1,5-12,17H,2-3H3. The minimum atomic E-state index is -3.64. The number of terminal acetylenes is 1. The molecular weight excluding hydrogens is 284 g/mol. The van der Waals surface area contributed by atoms with E-state index in [1.54, 1.807) is 48.5 Å². The molecule has 0 amide bonds. The van der Waals surface area contributed by atoms with Gasteiger partial charge in [0.15, 0.2) is 15.1 Å². The number of aryl methyl sites for hydroxylation is 1. The van der Waals surface area contributed by atoms with Crippen LogP contribution in [0.25, 0.3) is 0 Å². The maximum absolute atomic E-state index is 12.7. The molecule has 2 rings (SSSR count). The van der Waals surface area contributed by atoms with Gasteiger partial charge in [0.2, 0.25) is 0 Å². The molecule has 108 valence electrons. The summed E-state index contributed by atoms with van der Waals surface area (Å²) in [6, 6.07) is 13.5. The number of ether oxygens (including phenoxy) is 1. The fourth-order valence-electron chi connectivity index (χ4n) is 2.03. The topological polar surface area (TPSA) is 43.4 Å². The number of rotatable bonds is 4. The third-order valence-corrected chi connectivity index (χ3v) is 5.17. The normalized spacial score (nSPS) is 12.4. The summed E-state index contributed by atoms with van der Waals surface area (Å²) in [4.78, 5) is 0.221. The molecule has 21 heavy (non-hydrogen) atoms. The van der Waals surface area contributed by atoms with Crippen molar-refractivity contribution in [3.63, 3.8) is 0 Å². The van der Waals surface area contributed by atoms with Crippen LogP contribution in [0.3, 0.4) is 0 Å². The molecule has 0 radical (unpaired) electrons. The molecule has 0 spiro atoms. The first kappa shape index (κ1) is 15.1. The van der Waals surface area contributed by atoms with Gasteiger partial charge < -0.3 is 4.74 Å². The molecule has 0 aliphatic rings. The van der Waals surface area contributed by atoms with Gasteiger partial charge in [0.1, 0.15) is 5.75 Å². The Hall–Kier alpha value is -2.25. The van der Waals surface area contributed by atoms with Gasteiger partial charge in [0.25, 0.3) is 0 Å². The lowest BCUT2D eigenvalue weighted by Gasteiger charge is -2.14. The first-order valence-electron chi connectivity index (χ1n) is 6.39. The lowest BCUT2D eigenvalue weighted by Crippen LogP contribution is -2.12. The zero-order valence-electron chi connectivity index (χ0n) is 11.9. The highest BCUT2D eigenvalue weighted by Gasteiger charge is 2.27. The van der Waals surface area contributed by atoms with Gasteiger partial charge in [-0.2, -0.15) is 0 Å². The Morgan fingerprint density at radius 2 is 1.81 bits per heavy atom. The lowest BCUT2D eigenvalue weighted by molar-refractivity contribution is 0.414. The van der Waals surface area contributed by atoms with Gasteiger partial charge in [0, 0.05) is 0 Å². The van der Waals surface area contributed by atoms with E-state index < -0.39 is 15.1 Å². The molecule has 0 fully saturated rings. The monoisotopic (exact) mass is 300 g/mol. The first-order chi connectivity index (χ1) is 9.98. The van der Waals surface area contributed by atoms with Crippen molar-refractivity contribution in [1.82, 2.24) is 0 Å². The van der Waals surface area contributed by atoms with E-state index in [0.717, 1.165) is 5.56 Å². The van der Waals surface area contributed by atoms with Gasteiger partial charge in [-0.1, -0.05) is 35.7 Å². The van der Waals surface area contributed by atoms with Crippen LogP contribution in [0.15, 0.2) is 53.4 Å². The number of benzene rings is 2. The number of hydrogen-bond acceptors (Lipinski definition) is 3. The van der Waals surface area contributed by atoms with E-state index in [9.17, 15) is 8.42 Å². The van der Waals surface area contributed by atoms with Crippen molar-refractivity contribution < 1.29 is 13.2 Å². The quantitative estimate of drug-likeness (QED) is 0.815. The Morgan fingerprint density at radius 1 is 1.14 bits per heavy atom. The van der Waals surface area contributed by atoms with Gasteiger partial charge in [-0.3, -0.25) is 0 Å². The van der Waals surface area contributed by atoms with Crippen molar-refractivity contribution in [3.05, 3.63) is 59.7 Å². The van der Waals surface area contributed by atoms with Crippen molar-refractivity contribution in [2.24, 2.45) is 0 Å². The van der Waals surface area contributed by atoms with E-state index in [0.29, 0.717) is 11.3 Å². The van der Waals surface area contributed by atoms with Crippen LogP contribution >= 0.6 is 0 Å². The molecule has 0 heterocycles. The Kier molecular flexibility index (Phi) is 4.35. The van der Waals surface area contributed by atoms with Crippen molar-refractivity contribution in [3.8, 4) is 18.1 Å². The predicted molar refractivity (Wildman–Crippen MR) is 82.9 cm³/mol. The molecular formula is C17H16O3S. The maximum Gasteiger partial charge on any atom is 0.196 e. The average molecular weight is 300 g/mol. The minimum Gasteiger partial charge on any atom is -0.497 e. The zero-order valence-corrected chi connectivity index (χ0v) is 12.7. The van der Waals surface area contributed by atoms with Crippen LogP contribution in [0.1, 0.15) is 16.4 Å². The summed E-state index contributed by atoms with van der Waals surface area (Å²) in [6.45, 7) is 1.90. The Bertz CT molecular complexity index is 768. The van der Waals surface area contributed by atoms with Crippen LogP contribution in [-0.2, 0) is 9.84 Å². The molecule has 0 aliphatic carbocycles. The van der Waals surface area contributed by atoms with Gasteiger partial charge in [-0.15, -0.1) is 6.42 Å². The predicted octanol–water partition coefficient (Wildman–Crippen LogP) is 3.15. The van der Waals surface area contributed by atoms with E-state index in [-0.39, 0.29) is 4.90 Å².